The Morgan fingerprint density at radius 1 is 1.23 bits per heavy atom. The van der Waals surface area contributed by atoms with Crippen molar-refractivity contribution in [2.45, 2.75) is 72.0 Å². The predicted octanol–water partition coefficient (Wildman–Crippen LogP) is 3.29. The highest BCUT2D eigenvalue weighted by Crippen LogP contribution is 2.31. The molecular formula is C12H25N. The summed E-state index contributed by atoms with van der Waals surface area (Å²) in [4.78, 5) is 2.74. The van der Waals surface area contributed by atoms with Crippen LogP contribution in [0, 0.1) is 5.92 Å². The lowest BCUT2D eigenvalue weighted by Gasteiger charge is -2.35. The number of hydrogen-bond donors (Lipinski definition) is 0. The topological polar surface area (TPSA) is 3.24 Å². The van der Waals surface area contributed by atoms with E-state index < -0.39 is 0 Å². The molecule has 1 heterocycles. The van der Waals surface area contributed by atoms with Crippen LogP contribution in [-0.4, -0.2) is 23.0 Å². The summed E-state index contributed by atoms with van der Waals surface area (Å²) in [6.45, 7) is 11.8. The molecule has 0 aliphatic carbocycles. The number of likely N-dealkylation sites (tertiary alicyclic amines) is 1. The molecule has 13 heavy (non-hydrogen) atoms. The van der Waals surface area contributed by atoms with Crippen molar-refractivity contribution in [3.63, 3.8) is 0 Å². The Bertz CT molecular complexity index is 153. The van der Waals surface area contributed by atoms with Gasteiger partial charge in [-0.05, 0) is 39.0 Å². The summed E-state index contributed by atoms with van der Waals surface area (Å²) in [5.74, 6) is 0.818. The molecule has 1 aliphatic heterocycles. The highest BCUT2D eigenvalue weighted by molar-refractivity contribution is 4.89. The summed E-state index contributed by atoms with van der Waals surface area (Å²) in [6.07, 6.45) is 4.09. The van der Waals surface area contributed by atoms with Gasteiger partial charge < -0.3 is 0 Å². The molecule has 0 aromatic carbocycles. The summed E-state index contributed by atoms with van der Waals surface area (Å²) in [5.41, 5.74) is 0. The molecule has 0 aromatic rings. The zero-order chi connectivity index (χ0) is 10.0. The van der Waals surface area contributed by atoms with E-state index in [9.17, 15) is 0 Å². The first-order valence-electron chi connectivity index (χ1n) is 5.85. The Morgan fingerprint density at radius 2 is 1.85 bits per heavy atom. The number of rotatable bonds is 3. The van der Waals surface area contributed by atoms with Crippen LogP contribution >= 0.6 is 0 Å². The standard InChI is InChI=1S/C12H25N/c1-6-10(4)13-11(5)7-8-12(13)9(2)3/h9-12H,6-8H2,1-5H3/t10?,11?,12-/m0/s1. The monoisotopic (exact) mass is 183 g/mol. The molecule has 78 valence electrons. The van der Waals surface area contributed by atoms with E-state index in [1.54, 1.807) is 0 Å². The Hall–Kier alpha value is -0.0400. The molecule has 1 heteroatoms. The van der Waals surface area contributed by atoms with Crippen LogP contribution in [0.15, 0.2) is 0 Å². The van der Waals surface area contributed by atoms with Crippen LogP contribution in [0.4, 0.5) is 0 Å². The van der Waals surface area contributed by atoms with Gasteiger partial charge in [0.15, 0.2) is 0 Å². The minimum Gasteiger partial charge on any atom is -0.295 e. The second kappa shape index (κ2) is 4.45. The van der Waals surface area contributed by atoms with E-state index in [0.717, 1.165) is 24.0 Å². The third kappa shape index (κ3) is 2.25. The molecule has 1 saturated heterocycles. The van der Waals surface area contributed by atoms with Crippen molar-refractivity contribution >= 4 is 0 Å². The molecule has 1 nitrogen and oxygen atoms in total. The Labute approximate surface area is 83.5 Å². The van der Waals surface area contributed by atoms with Crippen molar-refractivity contribution < 1.29 is 0 Å². The van der Waals surface area contributed by atoms with E-state index in [1.165, 1.54) is 19.3 Å². The summed E-state index contributed by atoms with van der Waals surface area (Å²) in [6, 6.07) is 2.41. The summed E-state index contributed by atoms with van der Waals surface area (Å²) < 4.78 is 0. The second-order valence-electron chi connectivity index (χ2n) is 4.94. The van der Waals surface area contributed by atoms with Gasteiger partial charge in [-0.25, -0.2) is 0 Å². The average molecular weight is 183 g/mol. The maximum absolute atomic E-state index is 2.74. The highest BCUT2D eigenvalue weighted by Gasteiger charge is 2.34. The molecule has 0 aromatic heterocycles. The Kier molecular flexibility index (Phi) is 3.78. The van der Waals surface area contributed by atoms with Gasteiger partial charge in [-0.15, -0.1) is 0 Å². The van der Waals surface area contributed by atoms with Crippen molar-refractivity contribution in [2.24, 2.45) is 5.92 Å². The largest absolute Gasteiger partial charge is 0.295 e. The first-order chi connectivity index (χ1) is 6.07. The van der Waals surface area contributed by atoms with Crippen LogP contribution in [-0.2, 0) is 0 Å². The molecule has 3 atom stereocenters. The molecule has 0 N–H and O–H groups in total. The lowest BCUT2D eigenvalue weighted by Crippen LogP contribution is -2.43. The van der Waals surface area contributed by atoms with E-state index in [4.69, 9.17) is 0 Å². The number of hydrogen-bond acceptors (Lipinski definition) is 1. The molecule has 1 fully saturated rings. The first-order valence-corrected chi connectivity index (χ1v) is 5.85. The summed E-state index contributed by atoms with van der Waals surface area (Å²) in [5, 5.41) is 0. The second-order valence-corrected chi connectivity index (χ2v) is 4.94. The summed E-state index contributed by atoms with van der Waals surface area (Å²) in [7, 11) is 0. The van der Waals surface area contributed by atoms with Crippen LogP contribution in [0.5, 0.6) is 0 Å². The van der Waals surface area contributed by atoms with E-state index >= 15 is 0 Å². The Balaban J connectivity index is 2.65. The molecule has 0 radical (unpaired) electrons. The van der Waals surface area contributed by atoms with Crippen molar-refractivity contribution in [1.29, 1.82) is 0 Å². The fraction of sp³-hybridized carbons (Fsp3) is 1.00. The van der Waals surface area contributed by atoms with Crippen LogP contribution in [0.2, 0.25) is 0 Å². The predicted molar refractivity (Wildman–Crippen MR) is 58.9 cm³/mol. The van der Waals surface area contributed by atoms with Crippen molar-refractivity contribution in [3.8, 4) is 0 Å². The molecule has 2 unspecified atom stereocenters. The third-order valence-electron chi connectivity index (χ3n) is 3.64. The molecule has 0 amide bonds. The minimum atomic E-state index is 0.768. The van der Waals surface area contributed by atoms with E-state index in [1.807, 2.05) is 0 Å². The maximum atomic E-state index is 2.74. The molecule has 0 spiro atoms. The van der Waals surface area contributed by atoms with Gasteiger partial charge in [0.1, 0.15) is 0 Å². The van der Waals surface area contributed by atoms with Gasteiger partial charge in [-0.3, -0.25) is 4.90 Å². The van der Waals surface area contributed by atoms with E-state index in [-0.39, 0.29) is 0 Å². The maximum Gasteiger partial charge on any atom is 0.0124 e. The van der Waals surface area contributed by atoms with Gasteiger partial charge >= 0.3 is 0 Å². The fourth-order valence-corrected chi connectivity index (χ4v) is 2.69. The zero-order valence-electron chi connectivity index (χ0n) is 9.88. The average Bonchev–Trinajstić information content (AvgIpc) is 2.46. The normalized spacial score (nSPS) is 32.8. The third-order valence-corrected chi connectivity index (χ3v) is 3.64. The smallest absolute Gasteiger partial charge is 0.0124 e. The molecule has 1 aliphatic rings. The van der Waals surface area contributed by atoms with Crippen molar-refractivity contribution in [1.82, 2.24) is 4.90 Å². The lowest BCUT2D eigenvalue weighted by atomic mass is 10.0. The van der Waals surface area contributed by atoms with Crippen LogP contribution in [0.3, 0.4) is 0 Å². The molecule has 0 bridgehead atoms. The van der Waals surface area contributed by atoms with Crippen molar-refractivity contribution in [3.05, 3.63) is 0 Å². The first kappa shape index (κ1) is 11.0. The van der Waals surface area contributed by atoms with Crippen LogP contribution in [0.25, 0.3) is 0 Å². The summed E-state index contributed by atoms with van der Waals surface area (Å²) >= 11 is 0. The van der Waals surface area contributed by atoms with Gasteiger partial charge in [0.25, 0.3) is 0 Å². The van der Waals surface area contributed by atoms with Crippen LogP contribution in [0.1, 0.15) is 53.9 Å². The molecule has 0 saturated carbocycles. The lowest BCUT2D eigenvalue weighted by molar-refractivity contribution is 0.115. The zero-order valence-corrected chi connectivity index (χ0v) is 9.88. The SMILES string of the molecule is CCC(C)N1C(C)CC[C@H]1C(C)C. The van der Waals surface area contributed by atoms with Gasteiger partial charge in [0.05, 0.1) is 0 Å². The minimum absolute atomic E-state index is 0.768. The van der Waals surface area contributed by atoms with E-state index in [2.05, 4.69) is 39.5 Å². The quantitative estimate of drug-likeness (QED) is 0.649. The molecular weight excluding hydrogens is 158 g/mol. The van der Waals surface area contributed by atoms with E-state index in [0.29, 0.717) is 0 Å². The van der Waals surface area contributed by atoms with Gasteiger partial charge in [-0.1, -0.05) is 20.8 Å². The highest BCUT2D eigenvalue weighted by atomic mass is 15.2. The molecule has 1 rings (SSSR count). The van der Waals surface area contributed by atoms with Crippen molar-refractivity contribution in [2.75, 3.05) is 0 Å². The fourth-order valence-electron chi connectivity index (χ4n) is 2.69. The van der Waals surface area contributed by atoms with Gasteiger partial charge in [0.2, 0.25) is 0 Å². The Morgan fingerprint density at radius 3 is 2.31 bits per heavy atom. The number of nitrogens with zero attached hydrogens (tertiary/aromatic N) is 1. The van der Waals surface area contributed by atoms with Crippen LogP contribution < -0.4 is 0 Å². The van der Waals surface area contributed by atoms with Gasteiger partial charge in [0, 0.05) is 18.1 Å². The van der Waals surface area contributed by atoms with Gasteiger partial charge in [-0.2, -0.15) is 0 Å².